The molecule has 0 aliphatic carbocycles. The third-order valence-corrected chi connectivity index (χ3v) is 3.17. The molecule has 14 heavy (non-hydrogen) atoms. The van der Waals surface area contributed by atoms with E-state index in [0.29, 0.717) is 0 Å². The molecule has 3 heteroatoms. The summed E-state index contributed by atoms with van der Waals surface area (Å²) in [6.45, 7) is 4.20. The lowest BCUT2D eigenvalue weighted by molar-refractivity contribution is -0.0382. The van der Waals surface area contributed by atoms with Crippen LogP contribution in [0.5, 0.6) is 5.75 Å². The molecule has 0 N–H and O–H groups in total. The van der Waals surface area contributed by atoms with Gasteiger partial charge in [0.2, 0.25) is 0 Å². The lowest BCUT2D eigenvalue weighted by Crippen LogP contribution is -2.13. The minimum atomic E-state index is -0.179. The molecule has 0 aromatic heterocycles. The second-order valence-corrected chi connectivity index (χ2v) is 4.82. The van der Waals surface area contributed by atoms with Gasteiger partial charge in [0.25, 0.3) is 0 Å². The molecule has 78 valence electrons. The summed E-state index contributed by atoms with van der Waals surface area (Å²) in [7, 11) is 1.75. The van der Waals surface area contributed by atoms with Crippen LogP contribution in [0.2, 0.25) is 6.55 Å². The van der Waals surface area contributed by atoms with E-state index in [2.05, 4.69) is 18.7 Å². The molecule has 2 nitrogen and oxygen atoms in total. The van der Waals surface area contributed by atoms with Gasteiger partial charge in [0.05, 0.1) is 0 Å². The summed E-state index contributed by atoms with van der Waals surface area (Å²) in [6, 6.07) is 9.55. The van der Waals surface area contributed by atoms with Gasteiger partial charge >= 0.3 is 0 Å². The molecule has 1 aromatic rings. The van der Waals surface area contributed by atoms with Crippen LogP contribution in [-0.4, -0.2) is 22.9 Å². The molecule has 0 aliphatic rings. The molecular formula is C11H18O2Si. The van der Waals surface area contributed by atoms with Crippen molar-refractivity contribution in [3.05, 3.63) is 29.8 Å². The van der Waals surface area contributed by atoms with E-state index in [4.69, 9.17) is 9.47 Å². The maximum absolute atomic E-state index is 5.49. The second-order valence-electron chi connectivity index (χ2n) is 3.32. The Bertz CT molecular complexity index is 258. The maximum atomic E-state index is 5.49. The lowest BCUT2D eigenvalue weighted by Gasteiger charge is -2.12. The van der Waals surface area contributed by atoms with Crippen molar-refractivity contribution in [1.29, 1.82) is 0 Å². The zero-order valence-corrected chi connectivity index (χ0v) is 10.5. The van der Waals surface area contributed by atoms with E-state index in [0.717, 1.165) is 5.75 Å². The molecule has 0 amide bonds. The van der Waals surface area contributed by atoms with E-state index >= 15 is 0 Å². The largest absolute Gasteiger partial charge is 0.465 e. The molecule has 0 saturated heterocycles. The Morgan fingerprint density at radius 1 is 1.29 bits per heavy atom. The zero-order chi connectivity index (χ0) is 10.4. The van der Waals surface area contributed by atoms with Gasteiger partial charge in [-0.1, -0.05) is 24.2 Å². The molecule has 0 saturated carbocycles. The van der Waals surface area contributed by atoms with E-state index in [9.17, 15) is 0 Å². The Labute approximate surface area is 88.1 Å². The first-order valence-electron chi connectivity index (χ1n) is 5.04. The SMILES string of the molecule is COC(C)Oc1ccc(C[SiH2]C)cc1. The highest BCUT2D eigenvalue weighted by Gasteiger charge is 2.00. The molecular weight excluding hydrogens is 192 g/mol. The van der Waals surface area contributed by atoms with E-state index in [1.54, 1.807) is 7.11 Å². The normalized spacial score (nSPS) is 13.4. The number of methoxy groups -OCH3 is 1. The van der Waals surface area contributed by atoms with Gasteiger partial charge in [0.15, 0.2) is 6.29 Å². The second kappa shape index (κ2) is 5.83. The van der Waals surface area contributed by atoms with Crippen LogP contribution in [0.15, 0.2) is 24.3 Å². The van der Waals surface area contributed by atoms with Gasteiger partial charge in [0.1, 0.15) is 5.75 Å². The Balaban J connectivity index is 2.54. The molecule has 0 radical (unpaired) electrons. The Hall–Kier alpha value is -0.803. The highest BCUT2D eigenvalue weighted by atomic mass is 28.2. The van der Waals surface area contributed by atoms with Gasteiger partial charge in [-0.15, -0.1) is 0 Å². The average molecular weight is 210 g/mol. The highest BCUT2D eigenvalue weighted by Crippen LogP contribution is 2.14. The number of hydrogen-bond acceptors (Lipinski definition) is 2. The summed E-state index contributed by atoms with van der Waals surface area (Å²) in [5, 5.41) is 0. The van der Waals surface area contributed by atoms with Crippen molar-refractivity contribution in [3.63, 3.8) is 0 Å². The number of rotatable bonds is 5. The van der Waals surface area contributed by atoms with Crippen LogP contribution in [0.25, 0.3) is 0 Å². The average Bonchev–Trinajstić information content (AvgIpc) is 2.21. The lowest BCUT2D eigenvalue weighted by atomic mass is 10.2. The van der Waals surface area contributed by atoms with Crippen molar-refractivity contribution in [2.24, 2.45) is 0 Å². The van der Waals surface area contributed by atoms with Crippen LogP contribution in [0.3, 0.4) is 0 Å². The third kappa shape index (κ3) is 3.52. The standard InChI is InChI=1S/C11H18O2Si/c1-9(12-2)13-11-6-4-10(5-7-11)8-14-3/h4-7,9H,8,14H2,1-3H3. The predicted octanol–water partition coefficient (Wildman–Crippen LogP) is 1.77. The first-order chi connectivity index (χ1) is 6.76. The van der Waals surface area contributed by atoms with Crippen LogP contribution in [0.1, 0.15) is 12.5 Å². The van der Waals surface area contributed by atoms with Gasteiger partial charge in [-0.25, -0.2) is 0 Å². The zero-order valence-electron chi connectivity index (χ0n) is 9.12. The number of ether oxygens (including phenoxy) is 2. The first kappa shape index (κ1) is 11.3. The fraction of sp³-hybridized carbons (Fsp3) is 0.455. The fourth-order valence-corrected chi connectivity index (χ4v) is 2.17. The topological polar surface area (TPSA) is 18.5 Å². The minimum Gasteiger partial charge on any atom is -0.465 e. The van der Waals surface area contributed by atoms with Gasteiger partial charge in [-0.3, -0.25) is 0 Å². The quantitative estimate of drug-likeness (QED) is 0.545. The van der Waals surface area contributed by atoms with Crippen LogP contribution < -0.4 is 4.74 Å². The summed E-state index contributed by atoms with van der Waals surface area (Å²) in [6.07, 6.45) is -0.179. The van der Waals surface area contributed by atoms with Crippen LogP contribution in [0.4, 0.5) is 0 Å². The smallest absolute Gasteiger partial charge is 0.196 e. The molecule has 0 heterocycles. The van der Waals surface area contributed by atoms with Gasteiger partial charge in [-0.05, 0) is 25.1 Å². The summed E-state index contributed by atoms with van der Waals surface area (Å²) in [5.74, 6) is 0.876. The van der Waals surface area contributed by atoms with Crippen molar-refractivity contribution in [2.75, 3.05) is 7.11 Å². The molecule has 1 unspecified atom stereocenters. The minimum absolute atomic E-state index is 0.112. The van der Waals surface area contributed by atoms with E-state index in [-0.39, 0.29) is 15.8 Å². The Morgan fingerprint density at radius 3 is 2.43 bits per heavy atom. The van der Waals surface area contributed by atoms with Gasteiger partial charge in [-0.2, -0.15) is 0 Å². The highest BCUT2D eigenvalue weighted by molar-refractivity contribution is 6.32. The summed E-state index contributed by atoms with van der Waals surface area (Å²) in [5.41, 5.74) is 1.41. The van der Waals surface area contributed by atoms with Gasteiger partial charge in [0, 0.05) is 16.6 Å². The van der Waals surface area contributed by atoms with E-state index in [1.165, 1.54) is 11.6 Å². The Kier molecular flexibility index (Phi) is 4.69. The van der Waals surface area contributed by atoms with Gasteiger partial charge < -0.3 is 9.47 Å². The number of benzene rings is 1. The van der Waals surface area contributed by atoms with Crippen molar-refractivity contribution < 1.29 is 9.47 Å². The maximum Gasteiger partial charge on any atom is 0.196 e. The van der Waals surface area contributed by atoms with Crippen LogP contribution in [-0.2, 0) is 10.8 Å². The molecule has 0 bridgehead atoms. The molecule has 1 atom stereocenters. The van der Waals surface area contributed by atoms with Crippen molar-refractivity contribution in [3.8, 4) is 5.75 Å². The van der Waals surface area contributed by atoms with E-state index < -0.39 is 0 Å². The van der Waals surface area contributed by atoms with Crippen molar-refractivity contribution in [2.45, 2.75) is 25.8 Å². The monoisotopic (exact) mass is 210 g/mol. The van der Waals surface area contributed by atoms with Crippen LogP contribution in [0, 0.1) is 0 Å². The molecule has 0 fully saturated rings. The molecule has 1 rings (SSSR count). The van der Waals surface area contributed by atoms with Crippen molar-refractivity contribution >= 4 is 9.52 Å². The molecule has 1 aromatic carbocycles. The summed E-state index contributed by atoms with van der Waals surface area (Å²) in [4.78, 5) is 0. The van der Waals surface area contributed by atoms with Crippen LogP contribution >= 0.6 is 0 Å². The van der Waals surface area contributed by atoms with Crippen molar-refractivity contribution in [1.82, 2.24) is 0 Å². The summed E-state index contributed by atoms with van der Waals surface area (Å²) < 4.78 is 10.5. The summed E-state index contributed by atoms with van der Waals surface area (Å²) >= 11 is 0. The first-order valence-corrected chi connectivity index (χ1v) is 7.46. The van der Waals surface area contributed by atoms with E-state index in [1.807, 2.05) is 19.1 Å². The molecule has 0 aliphatic heterocycles. The predicted molar refractivity (Wildman–Crippen MR) is 61.7 cm³/mol. The Morgan fingerprint density at radius 2 is 1.93 bits per heavy atom. The third-order valence-electron chi connectivity index (χ3n) is 2.10. The number of hydrogen-bond donors (Lipinski definition) is 0. The molecule has 0 spiro atoms. The fourth-order valence-electron chi connectivity index (χ4n) is 1.26.